The van der Waals surface area contributed by atoms with E-state index in [4.69, 9.17) is 11.6 Å². The van der Waals surface area contributed by atoms with E-state index in [-0.39, 0.29) is 5.38 Å². The number of unbranched alkanes of at least 4 members (excludes halogenated alkanes) is 1. The molecule has 0 nitrogen and oxygen atoms in total. The smallest absolute Gasteiger partial charge is 0.0706 e. The molecule has 1 atom stereocenters. The maximum absolute atomic E-state index is 6.66. The highest BCUT2D eigenvalue weighted by molar-refractivity contribution is 7.12. The molecule has 1 saturated carbocycles. The van der Waals surface area contributed by atoms with Crippen molar-refractivity contribution in [3.8, 4) is 0 Å². The topological polar surface area (TPSA) is 0 Å². The van der Waals surface area contributed by atoms with E-state index in [0.29, 0.717) is 5.92 Å². The Morgan fingerprint density at radius 2 is 2.00 bits per heavy atom. The quantitative estimate of drug-likeness (QED) is 0.554. The fourth-order valence-corrected chi connectivity index (χ4v) is 4.50. The van der Waals surface area contributed by atoms with Crippen molar-refractivity contribution in [3.63, 3.8) is 0 Å². The predicted octanol–water partition coefficient (Wildman–Crippen LogP) is 6.33. The molecule has 1 fully saturated rings. The van der Waals surface area contributed by atoms with Crippen LogP contribution < -0.4 is 0 Å². The molecule has 1 unspecified atom stereocenters. The first kappa shape index (κ1) is 14.4. The van der Waals surface area contributed by atoms with Gasteiger partial charge in [-0.1, -0.05) is 39.0 Å². The molecule has 0 bridgehead atoms. The number of hydrogen-bond acceptors (Lipinski definition) is 1. The fourth-order valence-electron chi connectivity index (χ4n) is 3.10. The van der Waals surface area contributed by atoms with Gasteiger partial charge in [-0.25, -0.2) is 0 Å². The molecule has 2 heteroatoms. The highest BCUT2D eigenvalue weighted by atomic mass is 35.5. The molecule has 0 amide bonds. The molecule has 0 saturated heterocycles. The summed E-state index contributed by atoms with van der Waals surface area (Å²) in [6.45, 7) is 4.46. The van der Waals surface area contributed by atoms with Gasteiger partial charge in [-0.2, -0.15) is 0 Å². The summed E-state index contributed by atoms with van der Waals surface area (Å²) in [6.07, 6.45) is 9.65. The number of halogens is 1. The summed E-state index contributed by atoms with van der Waals surface area (Å²) in [5.41, 5.74) is 0. The van der Waals surface area contributed by atoms with Crippen molar-refractivity contribution in [2.45, 2.75) is 64.2 Å². The van der Waals surface area contributed by atoms with Gasteiger partial charge in [-0.15, -0.1) is 22.9 Å². The summed E-state index contributed by atoms with van der Waals surface area (Å²) in [5, 5.41) is 0.260. The van der Waals surface area contributed by atoms with Gasteiger partial charge in [0.05, 0.1) is 5.38 Å². The Balaban J connectivity index is 1.82. The predicted molar refractivity (Wildman–Crippen MR) is 82.6 cm³/mol. The highest BCUT2D eigenvalue weighted by Crippen LogP contribution is 2.43. The number of aryl methyl sites for hydroxylation is 1. The number of thiophene rings is 1. The first-order valence-corrected chi connectivity index (χ1v) is 8.66. The van der Waals surface area contributed by atoms with E-state index >= 15 is 0 Å². The van der Waals surface area contributed by atoms with Crippen LogP contribution in [0.1, 0.15) is 67.0 Å². The van der Waals surface area contributed by atoms with Gasteiger partial charge in [-0.3, -0.25) is 0 Å². The van der Waals surface area contributed by atoms with E-state index in [9.17, 15) is 0 Å². The van der Waals surface area contributed by atoms with Gasteiger partial charge in [-0.05, 0) is 43.7 Å². The third-order valence-corrected chi connectivity index (χ3v) is 6.11. The van der Waals surface area contributed by atoms with Crippen molar-refractivity contribution in [1.82, 2.24) is 0 Å². The average Bonchev–Trinajstić information content (AvgIpc) is 2.83. The molecule has 0 aliphatic heterocycles. The molecule has 2 rings (SSSR count). The zero-order valence-corrected chi connectivity index (χ0v) is 13.2. The van der Waals surface area contributed by atoms with Crippen molar-refractivity contribution < 1.29 is 0 Å². The van der Waals surface area contributed by atoms with E-state index in [1.54, 1.807) is 0 Å². The van der Waals surface area contributed by atoms with Crippen LogP contribution in [0.25, 0.3) is 0 Å². The van der Waals surface area contributed by atoms with Crippen LogP contribution in [0.2, 0.25) is 0 Å². The Bertz CT molecular complexity index is 350. The Hall–Kier alpha value is -0.0100. The van der Waals surface area contributed by atoms with Crippen LogP contribution in [0.15, 0.2) is 12.1 Å². The van der Waals surface area contributed by atoms with Gasteiger partial charge in [0.2, 0.25) is 0 Å². The summed E-state index contributed by atoms with van der Waals surface area (Å²) in [5.74, 6) is 1.69. The van der Waals surface area contributed by atoms with Crippen LogP contribution in [0.4, 0.5) is 0 Å². The third-order valence-electron chi connectivity index (χ3n) is 4.30. The maximum atomic E-state index is 6.66. The standard InChI is InChI=1S/C16H25ClS/c1-3-4-5-13-7-9-14(10-8-13)16(17)15-11-6-12(2)18-15/h6,11,13-14,16H,3-5,7-10H2,1-2H3. The first-order valence-electron chi connectivity index (χ1n) is 7.41. The van der Waals surface area contributed by atoms with Crippen LogP contribution in [-0.2, 0) is 0 Å². The summed E-state index contributed by atoms with van der Waals surface area (Å²) < 4.78 is 0. The van der Waals surface area contributed by atoms with Crippen molar-refractivity contribution in [3.05, 3.63) is 21.9 Å². The summed E-state index contributed by atoms with van der Waals surface area (Å²) >= 11 is 8.53. The molecule has 1 aromatic heterocycles. The molecular formula is C16H25ClS. The minimum atomic E-state index is 0.260. The summed E-state index contributed by atoms with van der Waals surface area (Å²) in [6, 6.07) is 4.42. The van der Waals surface area contributed by atoms with Gasteiger partial charge in [0.1, 0.15) is 0 Å². The SMILES string of the molecule is CCCCC1CCC(C(Cl)c2ccc(C)s2)CC1. The Morgan fingerprint density at radius 1 is 1.28 bits per heavy atom. The van der Waals surface area contributed by atoms with Crippen molar-refractivity contribution in [2.75, 3.05) is 0 Å². The second kappa shape index (κ2) is 6.96. The first-order chi connectivity index (χ1) is 8.70. The minimum Gasteiger partial charge on any atom is -0.144 e. The zero-order chi connectivity index (χ0) is 13.0. The molecule has 18 heavy (non-hydrogen) atoms. The molecule has 1 aliphatic carbocycles. The number of hydrogen-bond donors (Lipinski definition) is 0. The van der Waals surface area contributed by atoms with Crippen LogP contribution in [0.3, 0.4) is 0 Å². The highest BCUT2D eigenvalue weighted by Gasteiger charge is 2.27. The molecule has 0 N–H and O–H groups in total. The van der Waals surface area contributed by atoms with Crippen LogP contribution in [-0.4, -0.2) is 0 Å². The summed E-state index contributed by atoms with van der Waals surface area (Å²) in [7, 11) is 0. The Morgan fingerprint density at radius 3 is 2.56 bits per heavy atom. The summed E-state index contributed by atoms with van der Waals surface area (Å²) in [4.78, 5) is 2.76. The van der Waals surface area contributed by atoms with Gasteiger partial charge in [0, 0.05) is 9.75 Å². The largest absolute Gasteiger partial charge is 0.144 e. The van der Waals surface area contributed by atoms with Gasteiger partial charge >= 0.3 is 0 Å². The lowest BCUT2D eigenvalue weighted by atomic mass is 9.78. The Kier molecular flexibility index (Phi) is 5.56. The fraction of sp³-hybridized carbons (Fsp3) is 0.750. The second-order valence-corrected chi connectivity index (χ2v) is 7.56. The molecule has 0 spiro atoms. The monoisotopic (exact) mass is 284 g/mol. The van der Waals surface area contributed by atoms with Gasteiger partial charge in [0.25, 0.3) is 0 Å². The lowest BCUT2D eigenvalue weighted by Crippen LogP contribution is -2.17. The normalized spacial score (nSPS) is 26.2. The van der Waals surface area contributed by atoms with Crippen molar-refractivity contribution in [1.29, 1.82) is 0 Å². The molecule has 0 radical (unpaired) electrons. The van der Waals surface area contributed by atoms with E-state index in [0.717, 1.165) is 5.92 Å². The van der Waals surface area contributed by atoms with E-state index in [1.165, 1.54) is 54.7 Å². The minimum absolute atomic E-state index is 0.260. The van der Waals surface area contributed by atoms with Crippen LogP contribution in [0, 0.1) is 18.8 Å². The van der Waals surface area contributed by atoms with Crippen LogP contribution >= 0.6 is 22.9 Å². The molecule has 1 aromatic rings. The maximum Gasteiger partial charge on any atom is 0.0706 e. The van der Waals surface area contributed by atoms with E-state index < -0.39 is 0 Å². The van der Waals surface area contributed by atoms with E-state index in [2.05, 4.69) is 26.0 Å². The number of alkyl halides is 1. The molecule has 102 valence electrons. The third kappa shape index (κ3) is 3.74. The zero-order valence-electron chi connectivity index (χ0n) is 11.6. The van der Waals surface area contributed by atoms with Gasteiger partial charge in [0.15, 0.2) is 0 Å². The Labute approximate surface area is 121 Å². The lowest BCUT2D eigenvalue weighted by Gasteiger charge is -2.31. The molecular weight excluding hydrogens is 260 g/mol. The molecule has 1 aliphatic rings. The lowest BCUT2D eigenvalue weighted by molar-refractivity contribution is 0.255. The molecule has 1 heterocycles. The second-order valence-electron chi connectivity index (χ2n) is 5.77. The van der Waals surface area contributed by atoms with E-state index in [1.807, 2.05) is 11.3 Å². The average molecular weight is 285 g/mol. The van der Waals surface area contributed by atoms with Gasteiger partial charge < -0.3 is 0 Å². The van der Waals surface area contributed by atoms with Crippen LogP contribution in [0.5, 0.6) is 0 Å². The van der Waals surface area contributed by atoms with Crippen molar-refractivity contribution in [2.24, 2.45) is 11.8 Å². The molecule has 0 aromatic carbocycles. The number of rotatable bonds is 5. The van der Waals surface area contributed by atoms with Crippen molar-refractivity contribution >= 4 is 22.9 Å².